The Hall–Kier alpha value is -2.96. The number of ether oxygens (including phenoxy) is 1. The zero-order chi connectivity index (χ0) is 26.3. The maximum Gasteiger partial charge on any atom is 0.251 e. The Morgan fingerprint density at radius 1 is 1.14 bits per heavy atom. The van der Waals surface area contributed by atoms with Gasteiger partial charge in [-0.2, -0.15) is 0 Å². The van der Waals surface area contributed by atoms with Gasteiger partial charge < -0.3 is 26.0 Å². The van der Waals surface area contributed by atoms with Gasteiger partial charge in [0.15, 0.2) is 5.72 Å². The van der Waals surface area contributed by atoms with Crippen LogP contribution in [0.1, 0.15) is 42.4 Å². The predicted molar refractivity (Wildman–Crippen MR) is 133 cm³/mol. The molecule has 1 fully saturated rings. The summed E-state index contributed by atoms with van der Waals surface area (Å²) in [7, 11) is 0. The smallest absolute Gasteiger partial charge is 0.251 e. The highest BCUT2D eigenvalue weighted by molar-refractivity contribution is 7.20. The zero-order valence-corrected chi connectivity index (χ0v) is 21.0. The van der Waals surface area contributed by atoms with E-state index in [2.05, 4.69) is 10.3 Å². The van der Waals surface area contributed by atoms with E-state index in [1.54, 1.807) is 25.1 Å². The van der Waals surface area contributed by atoms with Gasteiger partial charge in [0.25, 0.3) is 5.91 Å². The molecule has 8 nitrogen and oxygen atoms in total. The Balaban J connectivity index is 1.68. The van der Waals surface area contributed by atoms with Gasteiger partial charge in [-0.15, -0.1) is 11.3 Å². The van der Waals surface area contributed by atoms with Gasteiger partial charge in [-0.3, -0.25) is 9.69 Å². The van der Waals surface area contributed by atoms with Crippen LogP contribution in [0.2, 0.25) is 0 Å². The van der Waals surface area contributed by atoms with Crippen LogP contribution < -0.4 is 11.1 Å². The molecule has 1 amide bonds. The van der Waals surface area contributed by atoms with E-state index in [9.17, 15) is 23.8 Å². The summed E-state index contributed by atoms with van der Waals surface area (Å²) in [6, 6.07) is 8.47. The van der Waals surface area contributed by atoms with Crippen LogP contribution in [0, 0.1) is 11.6 Å². The van der Waals surface area contributed by atoms with E-state index in [4.69, 9.17) is 10.5 Å². The van der Waals surface area contributed by atoms with Crippen LogP contribution in [0.4, 0.5) is 19.6 Å². The monoisotopic (exact) mass is 518 g/mol. The van der Waals surface area contributed by atoms with Gasteiger partial charge in [0.1, 0.15) is 22.5 Å². The summed E-state index contributed by atoms with van der Waals surface area (Å²) in [5, 5.41) is 24.5. The molecule has 1 unspecified atom stereocenters. The average Bonchev–Trinajstić information content (AvgIpc) is 3.22. The van der Waals surface area contributed by atoms with Crippen LogP contribution in [0.25, 0.3) is 10.4 Å². The lowest BCUT2D eigenvalue weighted by Crippen LogP contribution is -2.50. The van der Waals surface area contributed by atoms with Crippen molar-refractivity contribution in [1.29, 1.82) is 0 Å². The van der Waals surface area contributed by atoms with Crippen LogP contribution >= 0.6 is 11.3 Å². The van der Waals surface area contributed by atoms with Crippen molar-refractivity contribution in [3.63, 3.8) is 0 Å². The Morgan fingerprint density at radius 2 is 1.78 bits per heavy atom. The Bertz CT molecular complexity index is 1260. The molecule has 0 spiro atoms. The molecule has 1 aliphatic rings. The number of morpholine rings is 1. The highest BCUT2D eigenvalue weighted by Crippen LogP contribution is 2.40. The summed E-state index contributed by atoms with van der Waals surface area (Å²) in [5.74, 6) is -2.23. The molecular weight excluding hydrogens is 490 g/mol. The number of nitrogens with zero attached hydrogens (tertiary/aromatic N) is 2. The van der Waals surface area contributed by atoms with Crippen molar-refractivity contribution >= 4 is 28.1 Å². The van der Waals surface area contributed by atoms with Gasteiger partial charge in [-0.05, 0) is 56.7 Å². The van der Waals surface area contributed by atoms with E-state index < -0.39 is 28.9 Å². The third-order valence-corrected chi connectivity index (χ3v) is 7.16. The molecule has 1 atom stereocenters. The van der Waals surface area contributed by atoms with Gasteiger partial charge in [0, 0.05) is 18.0 Å². The maximum atomic E-state index is 14.9. The number of hydrogen-bond acceptors (Lipinski definition) is 8. The highest BCUT2D eigenvalue weighted by atomic mass is 32.1. The number of aromatic nitrogens is 1. The molecule has 0 aliphatic carbocycles. The molecule has 3 aromatic rings. The van der Waals surface area contributed by atoms with Crippen LogP contribution in [-0.4, -0.2) is 52.3 Å². The lowest BCUT2D eigenvalue weighted by molar-refractivity contribution is -0.137. The van der Waals surface area contributed by atoms with Crippen molar-refractivity contribution in [2.45, 2.75) is 32.1 Å². The standard InChI is InChI=1S/C25H28F2N4O4S/c1-24(2,33)14-11-16(26)21(17(27)12-14)18-13-15(22(28)32)23(36-18)30-20-6-4-5-19(29-20)25(3,34)31-7-9-35-10-8-31/h4-6,11-13,33-34H,7-10H2,1-3H3,(H2,28,32)(H,29,30). The fraction of sp³-hybridized carbons (Fsp3) is 0.360. The molecule has 5 N–H and O–H groups in total. The summed E-state index contributed by atoms with van der Waals surface area (Å²) in [5.41, 5.74) is 2.92. The van der Waals surface area contributed by atoms with Crippen molar-refractivity contribution in [3.8, 4) is 10.4 Å². The molecule has 3 heterocycles. The van der Waals surface area contributed by atoms with Gasteiger partial charge in [-0.1, -0.05) is 6.07 Å². The number of nitrogens with two attached hydrogens (primary N) is 1. The quantitative estimate of drug-likeness (QED) is 0.377. The molecule has 0 saturated carbocycles. The number of anilines is 2. The number of carbonyl (C=O) groups excluding carboxylic acids is 1. The first-order valence-corrected chi connectivity index (χ1v) is 12.1. The summed E-state index contributed by atoms with van der Waals surface area (Å²) < 4.78 is 35.2. The lowest BCUT2D eigenvalue weighted by atomic mass is 9.96. The average molecular weight is 519 g/mol. The molecule has 4 rings (SSSR count). The maximum absolute atomic E-state index is 14.9. The Morgan fingerprint density at radius 3 is 2.36 bits per heavy atom. The number of amides is 1. The third-order valence-electron chi connectivity index (χ3n) is 6.10. The normalized spacial score (nSPS) is 16.5. The van der Waals surface area contributed by atoms with Crippen molar-refractivity contribution < 1.29 is 28.5 Å². The molecule has 2 aromatic heterocycles. The topological polar surface area (TPSA) is 121 Å². The van der Waals surface area contributed by atoms with E-state index >= 15 is 0 Å². The molecule has 1 aromatic carbocycles. The fourth-order valence-corrected chi connectivity index (χ4v) is 5.12. The first-order chi connectivity index (χ1) is 16.9. The number of primary amides is 1. The lowest BCUT2D eigenvalue weighted by Gasteiger charge is -2.38. The van der Waals surface area contributed by atoms with E-state index in [1.165, 1.54) is 19.9 Å². The van der Waals surface area contributed by atoms with Gasteiger partial charge in [0.2, 0.25) is 0 Å². The fourth-order valence-electron chi connectivity index (χ4n) is 4.00. The van der Waals surface area contributed by atoms with Crippen molar-refractivity contribution in [2.75, 3.05) is 31.6 Å². The molecule has 1 aliphatic heterocycles. The number of halogens is 2. The van der Waals surface area contributed by atoms with E-state index in [0.717, 1.165) is 23.5 Å². The Labute approximate surface area is 211 Å². The number of carbonyl (C=O) groups is 1. The summed E-state index contributed by atoms with van der Waals surface area (Å²) >= 11 is 0.935. The molecule has 0 bridgehead atoms. The molecule has 1 saturated heterocycles. The van der Waals surface area contributed by atoms with E-state index in [1.807, 2.05) is 4.90 Å². The number of pyridine rings is 1. The second-order valence-corrected chi connectivity index (χ2v) is 10.3. The minimum atomic E-state index is -1.43. The number of benzene rings is 1. The van der Waals surface area contributed by atoms with E-state index in [0.29, 0.717) is 37.8 Å². The van der Waals surface area contributed by atoms with Gasteiger partial charge >= 0.3 is 0 Å². The van der Waals surface area contributed by atoms with Gasteiger partial charge in [0.05, 0.1) is 35.6 Å². The second-order valence-electron chi connectivity index (χ2n) is 9.24. The number of aliphatic hydroxyl groups is 2. The predicted octanol–water partition coefficient (Wildman–Crippen LogP) is 3.66. The second kappa shape index (κ2) is 9.83. The van der Waals surface area contributed by atoms with Crippen molar-refractivity contribution in [3.05, 3.63) is 64.9 Å². The number of rotatable bonds is 7. The third kappa shape index (κ3) is 5.25. The summed E-state index contributed by atoms with van der Waals surface area (Å²) in [4.78, 5) is 18.6. The van der Waals surface area contributed by atoms with Gasteiger partial charge in [-0.25, -0.2) is 13.8 Å². The van der Waals surface area contributed by atoms with Crippen LogP contribution in [-0.2, 0) is 16.1 Å². The van der Waals surface area contributed by atoms with E-state index in [-0.39, 0.29) is 26.6 Å². The van der Waals surface area contributed by atoms with Crippen molar-refractivity contribution in [1.82, 2.24) is 9.88 Å². The minimum Gasteiger partial charge on any atom is -0.386 e. The zero-order valence-electron chi connectivity index (χ0n) is 20.1. The first-order valence-electron chi connectivity index (χ1n) is 11.3. The molecule has 0 radical (unpaired) electrons. The number of nitrogens with one attached hydrogen (secondary N) is 1. The summed E-state index contributed by atoms with van der Waals surface area (Å²) in [6.07, 6.45) is 0. The van der Waals surface area contributed by atoms with Crippen LogP contribution in [0.5, 0.6) is 0 Å². The largest absolute Gasteiger partial charge is 0.386 e. The molecule has 36 heavy (non-hydrogen) atoms. The molecule has 11 heteroatoms. The number of hydrogen-bond donors (Lipinski definition) is 4. The number of thiophene rings is 1. The minimum absolute atomic E-state index is 0.0347. The van der Waals surface area contributed by atoms with Crippen LogP contribution in [0.15, 0.2) is 36.4 Å². The Kier molecular flexibility index (Phi) is 7.13. The highest BCUT2D eigenvalue weighted by Gasteiger charge is 2.34. The molecule has 192 valence electrons. The van der Waals surface area contributed by atoms with Crippen molar-refractivity contribution in [2.24, 2.45) is 5.73 Å². The van der Waals surface area contributed by atoms with Crippen LogP contribution in [0.3, 0.4) is 0 Å². The molecular formula is C25H28F2N4O4S. The SMILES string of the molecule is CC(C)(O)c1cc(F)c(-c2cc(C(N)=O)c(Nc3cccc(C(C)(O)N4CCOCC4)n3)s2)c(F)c1. The first kappa shape index (κ1) is 26.1. The summed E-state index contributed by atoms with van der Waals surface area (Å²) in [6.45, 7) is 6.57.